The Labute approximate surface area is 109 Å². The van der Waals surface area contributed by atoms with E-state index in [0.29, 0.717) is 24.3 Å². The topological polar surface area (TPSA) is 79.9 Å². The molecule has 0 aromatic rings. The fraction of sp³-hybridized carbons (Fsp3) is 0.923. The molecule has 18 heavy (non-hydrogen) atoms. The van der Waals surface area contributed by atoms with Crippen molar-refractivity contribution in [2.24, 2.45) is 22.2 Å². The molecule has 2 aliphatic rings. The number of hydrogen-bond acceptors (Lipinski definition) is 4. The Morgan fingerprint density at radius 1 is 1.56 bits per heavy atom. The Kier molecular flexibility index (Phi) is 4.45. The Bertz CT molecular complexity index is 303. The van der Waals surface area contributed by atoms with Crippen LogP contribution in [0.15, 0.2) is 5.16 Å². The molecule has 0 spiro atoms. The first-order valence-electron chi connectivity index (χ1n) is 6.98. The number of nitrogens with zero attached hydrogens (tertiary/aromatic N) is 1. The molecule has 1 heterocycles. The highest BCUT2D eigenvalue weighted by molar-refractivity contribution is 5.80. The van der Waals surface area contributed by atoms with Gasteiger partial charge in [0.1, 0.15) is 5.84 Å². The molecular formula is C13H25N3O2. The van der Waals surface area contributed by atoms with Gasteiger partial charge in [0.25, 0.3) is 0 Å². The van der Waals surface area contributed by atoms with Crippen LogP contribution in [0.1, 0.15) is 39.0 Å². The zero-order chi connectivity index (χ0) is 13.0. The van der Waals surface area contributed by atoms with E-state index >= 15 is 0 Å². The van der Waals surface area contributed by atoms with Gasteiger partial charge in [-0.2, -0.15) is 0 Å². The lowest BCUT2D eigenvalue weighted by atomic mass is 9.98. The molecule has 2 unspecified atom stereocenters. The van der Waals surface area contributed by atoms with Crippen LogP contribution in [0.25, 0.3) is 0 Å². The first-order valence-corrected chi connectivity index (χ1v) is 6.98. The highest BCUT2D eigenvalue weighted by Crippen LogP contribution is 2.48. The fourth-order valence-electron chi connectivity index (χ4n) is 2.91. The second-order valence-corrected chi connectivity index (χ2v) is 5.77. The molecule has 0 bridgehead atoms. The first kappa shape index (κ1) is 13.6. The number of ether oxygens (including phenoxy) is 1. The second kappa shape index (κ2) is 5.89. The van der Waals surface area contributed by atoms with Gasteiger partial charge in [-0.05, 0) is 37.0 Å². The number of oxime groups is 1. The van der Waals surface area contributed by atoms with Crippen molar-refractivity contribution in [3.05, 3.63) is 0 Å². The van der Waals surface area contributed by atoms with E-state index in [-0.39, 0.29) is 5.41 Å². The molecule has 0 amide bonds. The van der Waals surface area contributed by atoms with Crippen LogP contribution in [-0.2, 0) is 4.74 Å². The van der Waals surface area contributed by atoms with Crippen LogP contribution in [0, 0.1) is 11.3 Å². The normalized spacial score (nSPS) is 30.6. The van der Waals surface area contributed by atoms with E-state index in [2.05, 4.69) is 17.4 Å². The van der Waals surface area contributed by atoms with Gasteiger partial charge in [0, 0.05) is 26.1 Å². The van der Waals surface area contributed by atoms with Crippen LogP contribution in [0.2, 0.25) is 0 Å². The highest BCUT2D eigenvalue weighted by Gasteiger charge is 2.43. The van der Waals surface area contributed by atoms with Gasteiger partial charge >= 0.3 is 0 Å². The van der Waals surface area contributed by atoms with E-state index in [1.165, 1.54) is 19.3 Å². The third-order valence-electron chi connectivity index (χ3n) is 4.30. The minimum Gasteiger partial charge on any atom is -0.409 e. The lowest BCUT2D eigenvalue weighted by Crippen LogP contribution is -2.34. The molecule has 2 atom stereocenters. The van der Waals surface area contributed by atoms with Crippen molar-refractivity contribution in [2.45, 2.75) is 45.1 Å². The molecular weight excluding hydrogens is 230 g/mol. The van der Waals surface area contributed by atoms with Gasteiger partial charge in [-0.1, -0.05) is 12.1 Å². The highest BCUT2D eigenvalue weighted by atomic mass is 16.5. The Hall–Kier alpha value is -0.810. The summed E-state index contributed by atoms with van der Waals surface area (Å²) in [5, 5.41) is 15.2. The fourth-order valence-corrected chi connectivity index (χ4v) is 2.91. The maximum atomic E-state index is 8.62. The number of rotatable bonds is 7. The molecule has 4 N–H and O–H groups in total. The summed E-state index contributed by atoms with van der Waals surface area (Å²) in [5.41, 5.74) is 5.84. The Morgan fingerprint density at radius 2 is 2.33 bits per heavy atom. The van der Waals surface area contributed by atoms with E-state index in [9.17, 15) is 0 Å². The molecule has 2 fully saturated rings. The summed E-state index contributed by atoms with van der Waals surface area (Å²) in [5.74, 6) is 1.000. The molecule has 1 aliphatic heterocycles. The summed E-state index contributed by atoms with van der Waals surface area (Å²) in [4.78, 5) is 0. The minimum atomic E-state index is 0.248. The van der Waals surface area contributed by atoms with E-state index < -0.39 is 0 Å². The molecule has 5 heteroatoms. The standard InChI is InChI=1S/C13H25N3O2/c1-2-11-10(3-6-18-11)8-15-9-13(4-5-13)7-12(14)16-17/h10-11,15,17H,2-9H2,1H3,(H2,14,16). The van der Waals surface area contributed by atoms with Crippen molar-refractivity contribution in [1.29, 1.82) is 0 Å². The second-order valence-electron chi connectivity index (χ2n) is 5.77. The Balaban J connectivity index is 1.69. The van der Waals surface area contributed by atoms with E-state index in [4.69, 9.17) is 15.7 Å². The van der Waals surface area contributed by atoms with Gasteiger partial charge in [-0.3, -0.25) is 0 Å². The largest absolute Gasteiger partial charge is 0.409 e. The van der Waals surface area contributed by atoms with Crippen LogP contribution in [0.5, 0.6) is 0 Å². The zero-order valence-corrected chi connectivity index (χ0v) is 11.2. The summed E-state index contributed by atoms with van der Waals surface area (Å²) in [6.07, 6.45) is 5.75. The predicted octanol–water partition coefficient (Wildman–Crippen LogP) is 1.31. The first-order chi connectivity index (χ1) is 8.69. The number of amidine groups is 1. The van der Waals surface area contributed by atoms with Gasteiger partial charge in [0.05, 0.1) is 6.10 Å². The quantitative estimate of drug-likeness (QED) is 0.277. The van der Waals surface area contributed by atoms with Gasteiger partial charge in [0.15, 0.2) is 0 Å². The molecule has 2 rings (SSSR count). The van der Waals surface area contributed by atoms with Crippen molar-refractivity contribution >= 4 is 5.84 Å². The zero-order valence-electron chi connectivity index (χ0n) is 11.2. The van der Waals surface area contributed by atoms with Crippen molar-refractivity contribution in [3.63, 3.8) is 0 Å². The van der Waals surface area contributed by atoms with Crippen LogP contribution < -0.4 is 11.1 Å². The van der Waals surface area contributed by atoms with Gasteiger partial charge in [-0.15, -0.1) is 0 Å². The smallest absolute Gasteiger partial charge is 0.139 e. The summed E-state index contributed by atoms with van der Waals surface area (Å²) in [7, 11) is 0. The number of nitrogens with one attached hydrogen (secondary N) is 1. The van der Waals surface area contributed by atoms with E-state index in [1.807, 2.05) is 0 Å². The number of hydrogen-bond donors (Lipinski definition) is 3. The predicted molar refractivity (Wildman–Crippen MR) is 70.7 cm³/mol. The molecule has 0 aromatic carbocycles. The lowest BCUT2D eigenvalue weighted by molar-refractivity contribution is 0.0870. The molecule has 0 aromatic heterocycles. The van der Waals surface area contributed by atoms with Gasteiger partial charge in [-0.25, -0.2) is 0 Å². The van der Waals surface area contributed by atoms with Crippen LogP contribution >= 0.6 is 0 Å². The van der Waals surface area contributed by atoms with Crippen molar-refractivity contribution in [3.8, 4) is 0 Å². The summed E-state index contributed by atoms with van der Waals surface area (Å²) in [6, 6.07) is 0. The monoisotopic (exact) mass is 255 g/mol. The third-order valence-corrected chi connectivity index (χ3v) is 4.30. The molecule has 1 aliphatic carbocycles. The Morgan fingerprint density at radius 3 is 2.94 bits per heavy atom. The van der Waals surface area contributed by atoms with Gasteiger partial charge < -0.3 is 21.0 Å². The summed E-state index contributed by atoms with van der Waals surface area (Å²) in [6.45, 7) is 5.08. The molecule has 104 valence electrons. The average Bonchev–Trinajstić information content (AvgIpc) is 2.97. The van der Waals surface area contributed by atoms with Crippen molar-refractivity contribution < 1.29 is 9.94 Å². The lowest BCUT2D eigenvalue weighted by Gasteiger charge is -2.20. The maximum Gasteiger partial charge on any atom is 0.139 e. The van der Waals surface area contributed by atoms with Crippen molar-refractivity contribution in [2.75, 3.05) is 19.7 Å². The molecule has 0 radical (unpaired) electrons. The summed E-state index contributed by atoms with van der Waals surface area (Å²) < 4.78 is 5.68. The van der Waals surface area contributed by atoms with E-state index in [1.54, 1.807) is 0 Å². The van der Waals surface area contributed by atoms with Gasteiger partial charge in [0.2, 0.25) is 0 Å². The van der Waals surface area contributed by atoms with E-state index in [0.717, 1.165) is 26.1 Å². The SMILES string of the molecule is CCC1OCCC1CNCC1(CC(N)=NO)CC1. The maximum absolute atomic E-state index is 8.62. The molecule has 5 nitrogen and oxygen atoms in total. The minimum absolute atomic E-state index is 0.248. The van der Waals surface area contributed by atoms with Crippen molar-refractivity contribution in [1.82, 2.24) is 5.32 Å². The molecule has 1 saturated heterocycles. The molecule has 1 saturated carbocycles. The number of nitrogens with two attached hydrogens (primary N) is 1. The average molecular weight is 255 g/mol. The van der Waals surface area contributed by atoms with Crippen LogP contribution in [0.4, 0.5) is 0 Å². The van der Waals surface area contributed by atoms with Crippen LogP contribution in [0.3, 0.4) is 0 Å². The summed E-state index contributed by atoms with van der Waals surface area (Å²) >= 11 is 0. The van der Waals surface area contributed by atoms with Crippen LogP contribution in [-0.4, -0.2) is 36.8 Å². The third kappa shape index (κ3) is 3.36.